The number of likely N-dealkylation sites (N-methyl/N-ethyl adjacent to an activating group) is 1. The summed E-state index contributed by atoms with van der Waals surface area (Å²) in [5, 5.41) is 3.44. The van der Waals surface area contributed by atoms with Crippen molar-refractivity contribution in [1.82, 2.24) is 15.1 Å². The first-order valence-electron chi connectivity index (χ1n) is 8.00. The number of nitrogens with zero attached hydrogens (tertiary/aromatic N) is 3. The van der Waals surface area contributed by atoms with Crippen LogP contribution in [-0.4, -0.2) is 61.6 Å². The minimum Gasteiger partial charge on any atom is -0.469 e. The molecule has 1 fully saturated rings. The number of guanidine groups is 1. The predicted molar refractivity (Wildman–Crippen MR) is 102 cm³/mol. The van der Waals surface area contributed by atoms with Gasteiger partial charge in [-0.15, -0.1) is 24.0 Å². The predicted octanol–water partition coefficient (Wildman–Crippen LogP) is 2.43. The van der Waals surface area contributed by atoms with Crippen molar-refractivity contribution in [1.29, 1.82) is 0 Å². The zero-order valence-electron chi connectivity index (χ0n) is 13.9. The van der Waals surface area contributed by atoms with Crippen molar-refractivity contribution in [2.24, 2.45) is 4.99 Å². The molecule has 1 atom stereocenters. The third-order valence-electron chi connectivity index (χ3n) is 4.24. The zero-order chi connectivity index (χ0) is 15.1. The Balaban J connectivity index is 0.00000242. The fraction of sp³-hybridized carbons (Fsp3) is 0.688. The van der Waals surface area contributed by atoms with Gasteiger partial charge in [0, 0.05) is 39.1 Å². The quantitative estimate of drug-likeness (QED) is 0.436. The standard InChI is InChI=1S/C16H28N4O.HI/c1-4-19(5-2)14-9-11-20(13-14)16(17-3)18-10-8-15-7-6-12-21-15;/h6-7,12,14H,4-5,8-11,13H2,1-3H3,(H,17,18);1H. The SMILES string of the molecule is CCN(CC)C1CCN(C(=NC)NCCc2ccco2)C1.I. The highest BCUT2D eigenvalue weighted by Gasteiger charge is 2.27. The Bertz CT molecular complexity index is 431. The Hall–Kier alpha value is -0.760. The van der Waals surface area contributed by atoms with Crippen molar-refractivity contribution in [2.75, 3.05) is 39.8 Å². The Labute approximate surface area is 151 Å². The lowest BCUT2D eigenvalue weighted by Crippen LogP contribution is -2.43. The third kappa shape index (κ3) is 5.15. The molecular formula is C16H29IN4O. The Morgan fingerprint density at radius 3 is 2.82 bits per heavy atom. The van der Waals surface area contributed by atoms with Gasteiger partial charge in [-0.25, -0.2) is 0 Å². The highest BCUT2D eigenvalue weighted by atomic mass is 127. The summed E-state index contributed by atoms with van der Waals surface area (Å²) in [4.78, 5) is 9.32. The van der Waals surface area contributed by atoms with Gasteiger partial charge in [0.2, 0.25) is 0 Å². The second-order valence-electron chi connectivity index (χ2n) is 5.41. The van der Waals surface area contributed by atoms with Gasteiger partial charge in [0.25, 0.3) is 0 Å². The van der Waals surface area contributed by atoms with Crippen molar-refractivity contribution in [3.05, 3.63) is 24.2 Å². The molecule has 1 N–H and O–H groups in total. The van der Waals surface area contributed by atoms with Gasteiger partial charge in [-0.1, -0.05) is 13.8 Å². The van der Waals surface area contributed by atoms with Crippen LogP contribution in [0.5, 0.6) is 0 Å². The van der Waals surface area contributed by atoms with Crippen molar-refractivity contribution < 1.29 is 4.42 Å². The highest BCUT2D eigenvalue weighted by molar-refractivity contribution is 14.0. The fourth-order valence-electron chi connectivity index (χ4n) is 3.06. The summed E-state index contributed by atoms with van der Waals surface area (Å²) in [6, 6.07) is 4.60. The first-order chi connectivity index (χ1) is 10.3. The number of hydrogen-bond acceptors (Lipinski definition) is 3. The molecule has 0 aliphatic carbocycles. The van der Waals surface area contributed by atoms with Crippen molar-refractivity contribution >= 4 is 29.9 Å². The summed E-state index contributed by atoms with van der Waals surface area (Å²) >= 11 is 0. The molecule has 126 valence electrons. The van der Waals surface area contributed by atoms with Gasteiger partial charge in [0.15, 0.2) is 5.96 Å². The van der Waals surface area contributed by atoms with E-state index < -0.39 is 0 Å². The molecular weight excluding hydrogens is 391 g/mol. The Morgan fingerprint density at radius 2 is 2.23 bits per heavy atom. The minimum atomic E-state index is 0. The topological polar surface area (TPSA) is 44.0 Å². The molecule has 0 aromatic carbocycles. The minimum absolute atomic E-state index is 0. The molecule has 0 amide bonds. The molecule has 1 aromatic rings. The number of halogens is 1. The van der Waals surface area contributed by atoms with Crippen LogP contribution in [0.3, 0.4) is 0 Å². The van der Waals surface area contributed by atoms with E-state index in [9.17, 15) is 0 Å². The molecule has 1 saturated heterocycles. The first-order valence-corrected chi connectivity index (χ1v) is 8.00. The summed E-state index contributed by atoms with van der Waals surface area (Å²) in [5.41, 5.74) is 0. The summed E-state index contributed by atoms with van der Waals surface area (Å²) in [6.45, 7) is 9.74. The van der Waals surface area contributed by atoms with E-state index in [0.717, 1.165) is 50.9 Å². The highest BCUT2D eigenvalue weighted by Crippen LogP contribution is 2.15. The van der Waals surface area contributed by atoms with E-state index in [1.165, 1.54) is 6.42 Å². The van der Waals surface area contributed by atoms with E-state index in [1.54, 1.807) is 6.26 Å². The van der Waals surface area contributed by atoms with Gasteiger partial charge in [-0.2, -0.15) is 0 Å². The number of aliphatic imine (C=N–C) groups is 1. The Morgan fingerprint density at radius 1 is 1.45 bits per heavy atom. The lowest BCUT2D eigenvalue weighted by atomic mass is 10.2. The van der Waals surface area contributed by atoms with E-state index >= 15 is 0 Å². The molecule has 1 aliphatic rings. The fourth-order valence-corrected chi connectivity index (χ4v) is 3.06. The van der Waals surface area contributed by atoms with Gasteiger partial charge >= 0.3 is 0 Å². The van der Waals surface area contributed by atoms with Gasteiger partial charge in [0.05, 0.1) is 6.26 Å². The van der Waals surface area contributed by atoms with E-state index in [0.29, 0.717) is 6.04 Å². The third-order valence-corrected chi connectivity index (χ3v) is 4.24. The van der Waals surface area contributed by atoms with Gasteiger partial charge in [0.1, 0.15) is 5.76 Å². The normalized spacial score (nSPS) is 18.6. The zero-order valence-corrected chi connectivity index (χ0v) is 16.2. The Kier molecular flexibility index (Phi) is 8.85. The van der Waals surface area contributed by atoms with Crippen LogP contribution in [0.2, 0.25) is 0 Å². The maximum atomic E-state index is 5.35. The van der Waals surface area contributed by atoms with E-state index in [1.807, 2.05) is 19.2 Å². The number of rotatable bonds is 6. The number of hydrogen-bond donors (Lipinski definition) is 1. The van der Waals surface area contributed by atoms with Gasteiger partial charge < -0.3 is 14.6 Å². The first kappa shape index (κ1) is 19.3. The maximum absolute atomic E-state index is 5.35. The van der Waals surface area contributed by atoms with E-state index in [4.69, 9.17) is 4.42 Å². The molecule has 1 aliphatic heterocycles. The largest absolute Gasteiger partial charge is 0.469 e. The van der Waals surface area contributed by atoms with Crippen LogP contribution in [0.25, 0.3) is 0 Å². The van der Waals surface area contributed by atoms with Crippen molar-refractivity contribution in [3.63, 3.8) is 0 Å². The second-order valence-corrected chi connectivity index (χ2v) is 5.41. The summed E-state index contributed by atoms with van der Waals surface area (Å²) in [7, 11) is 1.86. The van der Waals surface area contributed by atoms with Crippen molar-refractivity contribution in [2.45, 2.75) is 32.7 Å². The lowest BCUT2D eigenvalue weighted by Gasteiger charge is -2.27. The average molecular weight is 420 g/mol. The lowest BCUT2D eigenvalue weighted by molar-refractivity contribution is 0.223. The number of furan rings is 1. The summed E-state index contributed by atoms with van der Waals surface area (Å²) in [5.74, 6) is 2.02. The van der Waals surface area contributed by atoms with Crippen LogP contribution in [0.4, 0.5) is 0 Å². The molecule has 1 unspecified atom stereocenters. The molecule has 22 heavy (non-hydrogen) atoms. The number of nitrogens with one attached hydrogen (secondary N) is 1. The maximum Gasteiger partial charge on any atom is 0.193 e. The number of likely N-dealkylation sites (tertiary alicyclic amines) is 1. The van der Waals surface area contributed by atoms with Crippen LogP contribution in [-0.2, 0) is 6.42 Å². The van der Waals surface area contributed by atoms with E-state index in [-0.39, 0.29) is 24.0 Å². The molecule has 0 saturated carbocycles. The van der Waals surface area contributed by atoms with Gasteiger partial charge in [-0.05, 0) is 31.6 Å². The summed E-state index contributed by atoms with van der Waals surface area (Å²) < 4.78 is 5.35. The van der Waals surface area contributed by atoms with Gasteiger partial charge in [-0.3, -0.25) is 9.89 Å². The molecule has 0 radical (unpaired) electrons. The molecule has 2 rings (SSSR count). The second kappa shape index (κ2) is 10.1. The van der Waals surface area contributed by atoms with Crippen LogP contribution in [0.1, 0.15) is 26.0 Å². The van der Waals surface area contributed by atoms with Crippen LogP contribution < -0.4 is 5.32 Å². The summed E-state index contributed by atoms with van der Waals surface area (Å²) in [6.07, 6.45) is 3.83. The average Bonchev–Trinajstić information content (AvgIpc) is 3.17. The smallest absolute Gasteiger partial charge is 0.193 e. The van der Waals surface area contributed by atoms with Crippen molar-refractivity contribution in [3.8, 4) is 0 Å². The molecule has 0 spiro atoms. The van der Waals surface area contributed by atoms with Crippen LogP contribution in [0, 0.1) is 0 Å². The molecule has 6 heteroatoms. The molecule has 0 bridgehead atoms. The molecule has 1 aromatic heterocycles. The molecule has 5 nitrogen and oxygen atoms in total. The molecule has 2 heterocycles. The monoisotopic (exact) mass is 420 g/mol. The van der Waals surface area contributed by atoms with Crippen LogP contribution >= 0.6 is 24.0 Å². The van der Waals surface area contributed by atoms with Crippen LogP contribution in [0.15, 0.2) is 27.8 Å². The van der Waals surface area contributed by atoms with E-state index in [2.05, 4.69) is 34.0 Å².